The number of hydrogen-bond acceptors (Lipinski definition) is 1. The maximum atomic E-state index is 3.79. The summed E-state index contributed by atoms with van der Waals surface area (Å²) in [4.78, 5) is 0. The molecule has 1 heteroatoms. The Kier molecular flexibility index (Phi) is 2.97. The van der Waals surface area contributed by atoms with Crippen molar-refractivity contribution in [3.05, 3.63) is 41.5 Å². The van der Waals surface area contributed by atoms with Crippen molar-refractivity contribution in [2.45, 2.75) is 25.0 Å². The second kappa shape index (κ2) is 4.22. The Morgan fingerprint density at radius 2 is 2.43 bits per heavy atom. The first-order valence-corrected chi connectivity index (χ1v) is 6.27. The lowest BCUT2D eigenvalue weighted by Crippen LogP contribution is -2.14. The molecule has 0 heterocycles. The van der Waals surface area contributed by atoms with Crippen LogP contribution in [0.3, 0.4) is 0 Å². The molecule has 0 aromatic heterocycles. The molecule has 0 radical (unpaired) electrons. The number of thioether (sulfide) groups is 1. The fourth-order valence-electron chi connectivity index (χ4n) is 1.83. The molecule has 0 saturated carbocycles. The maximum Gasteiger partial charge on any atom is 0.0340 e. The predicted molar refractivity (Wildman–Crippen MR) is 65.7 cm³/mol. The zero-order valence-electron chi connectivity index (χ0n) is 8.62. The standard InChI is InChI=1S/C13H16S/c1-3-7-14-13-9-11-8-10(4-2)5-6-12(11)13/h4-6,8,13H,2-3,7,9H2,1H3. The molecule has 0 N–H and O–H groups in total. The van der Waals surface area contributed by atoms with Gasteiger partial charge in [0.2, 0.25) is 0 Å². The number of rotatable bonds is 4. The quantitative estimate of drug-likeness (QED) is 0.712. The monoisotopic (exact) mass is 204 g/mol. The summed E-state index contributed by atoms with van der Waals surface area (Å²) in [5, 5.41) is 0.767. The number of hydrogen-bond donors (Lipinski definition) is 0. The molecule has 0 aliphatic heterocycles. The van der Waals surface area contributed by atoms with Crippen molar-refractivity contribution in [3.63, 3.8) is 0 Å². The molecule has 0 amide bonds. The summed E-state index contributed by atoms with van der Waals surface area (Å²) < 4.78 is 0. The smallest absolute Gasteiger partial charge is 0.0340 e. The zero-order valence-corrected chi connectivity index (χ0v) is 9.44. The van der Waals surface area contributed by atoms with Gasteiger partial charge in [0.1, 0.15) is 0 Å². The van der Waals surface area contributed by atoms with Gasteiger partial charge in [-0.25, -0.2) is 0 Å². The van der Waals surface area contributed by atoms with Gasteiger partial charge in [-0.1, -0.05) is 37.8 Å². The van der Waals surface area contributed by atoms with E-state index in [0.29, 0.717) is 0 Å². The van der Waals surface area contributed by atoms with Crippen LogP contribution >= 0.6 is 11.8 Å². The highest BCUT2D eigenvalue weighted by molar-refractivity contribution is 7.99. The highest BCUT2D eigenvalue weighted by Gasteiger charge is 2.25. The van der Waals surface area contributed by atoms with Crippen molar-refractivity contribution < 1.29 is 0 Å². The van der Waals surface area contributed by atoms with Crippen molar-refractivity contribution in [1.82, 2.24) is 0 Å². The third-order valence-electron chi connectivity index (χ3n) is 2.68. The Hall–Kier alpha value is -0.690. The van der Waals surface area contributed by atoms with Gasteiger partial charge in [0, 0.05) is 5.25 Å². The average Bonchev–Trinajstić information content (AvgIpc) is 2.19. The van der Waals surface area contributed by atoms with Crippen LogP contribution in [0.2, 0.25) is 0 Å². The molecule has 0 fully saturated rings. The fraction of sp³-hybridized carbons (Fsp3) is 0.385. The Bertz CT molecular complexity index is 341. The van der Waals surface area contributed by atoms with Gasteiger partial charge >= 0.3 is 0 Å². The van der Waals surface area contributed by atoms with E-state index in [0.717, 1.165) is 5.25 Å². The molecule has 14 heavy (non-hydrogen) atoms. The van der Waals surface area contributed by atoms with Crippen LogP contribution in [0, 0.1) is 0 Å². The first kappa shape index (κ1) is 9.85. The van der Waals surface area contributed by atoms with Gasteiger partial charge in [-0.05, 0) is 35.3 Å². The minimum Gasteiger partial charge on any atom is -0.153 e. The molecule has 0 saturated heterocycles. The van der Waals surface area contributed by atoms with Gasteiger partial charge in [0.15, 0.2) is 0 Å². The maximum absolute atomic E-state index is 3.79. The minimum absolute atomic E-state index is 0.767. The lowest BCUT2D eigenvalue weighted by molar-refractivity contribution is 0.812. The molecule has 1 aromatic carbocycles. The highest BCUT2D eigenvalue weighted by atomic mass is 32.2. The van der Waals surface area contributed by atoms with Crippen LogP contribution in [-0.2, 0) is 6.42 Å². The zero-order chi connectivity index (χ0) is 9.97. The largest absolute Gasteiger partial charge is 0.153 e. The van der Waals surface area contributed by atoms with Gasteiger partial charge in [-0.15, -0.1) is 0 Å². The Labute approximate surface area is 90.4 Å². The third kappa shape index (κ3) is 1.74. The van der Waals surface area contributed by atoms with Gasteiger partial charge in [0.05, 0.1) is 0 Å². The second-order valence-corrected chi connectivity index (χ2v) is 5.04. The molecular weight excluding hydrogens is 188 g/mol. The summed E-state index contributed by atoms with van der Waals surface area (Å²) in [6, 6.07) is 6.71. The van der Waals surface area contributed by atoms with Crippen LogP contribution < -0.4 is 0 Å². The summed E-state index contributed by atoms with van der Waals surface area (Å²) in [5.74, 6) is 1.29. The van der Waals surface area contributed by atoms with Crippen molar-refractivity contribution >= 4 is 17.8 Å². The van der Waals surface area contributed by atoms with Crippen molar-refractivity contribution in [2.75, 3.05) is 5.75 Å². The molecule has 2 rings (SSSR count). The van der Waals surface area contributed by atoms with Crippen LogP contribution in [0.15, 0.2) is 24.8 Å². The lowest BCUT2D eigenvalue weighted by atomic mass is 9.86. The summed E-state index contributed by atoms with van der Waals surface area (Å²) in [6.07, 6.45) is 4.45. The summed E-state index contributed by atoms with van der Waals surface area (Å²) in [5.41, 5.74) is 4.33. The lowest BCUT2D eigenvalue weighted by Gasteiger charge is -2.30. The summed E-state index contributed by atoms with van der Waals surface area (Å²) >= 11 is 2.09. The molecule has 1 unspecified atom stereocenters. The van der Waals surface area contributed by atoms with Gasteiger partial charge in [0.25, 0.3) is 0 Å². The van der Waals surface area contributed by atoms with Crippen molar-refractivity contribution in [2.24, 2.45) is 0 Å². The molecule has 1 aliphatic carbocycles. The van der Waals surface area contributed by atoms with Gasteiger partial charge < -0.3 is 0 Å². The van der Waals surface area contributed by atoms with Crippen LogP contribution in [0.25, 0.3) is 6.08 Å². The van der Waals surface area contributed by atoms with Crippen LogP contribution in [0.5, 0.6) is 0 Å². The van der Waals surface area contributed by atoms with Gasteiger partial charge in [-0.2, -0.15) is 11.8 Å². The topological polar surface area (TPSA) is 0 Å². The van der Waals surface area contributed by atoms with Crippen LogP contribution in [0.1, 0.15) is 35.3 Å². The molecule has 0 bridgehead atoms. The molecule has 74 valence electrons. The van der Waals surface area contributed by atoms with Crippen LogP contribution in [0.4, 0.5) is 0 Å². The van der Waals surface area contributed by atoms with Crippen molar-refractivity contribution in [3.8, 4) is 0 Å². The van der Waals surface area contributed by atoms with Crippen molar-refractivity contribution in [1.29, 1.82) is 0 Å². The van der Waals surface area contributed by atoms with Gasteiger partial charge in [-0.3, -0.25) is 0 Å². The Morgan fingerprint density at radius 1 is 1.57 bits per heavy atom. The van der Waals surface area contributed by atoms with E-state index in [4.69, 9.17) is 0 Å². The normalized spacial score (nSPS) is 18.5. The third-order valence-corrected chi connectivity index (χ3v) is 4.15. The Balaban J connectivity index is 2.07. The average molecular weight is 204 g/mol. The molecule has 1 aliphatic rings. The minimum atomic E-state index is 0.767. The SMILES string of the molecule is C=Cc1ccc2c(c1)CC2SCCC. The molecular formula is C13H16S. The van der Waals surface area contributed by atoms with E-state index in [1.807, 2.05) is 6.08 Å². The van der Waals surface area contributed by atoms with E-state index in [-0.39, 0.29) is 0 Å². The van der Waals surface area contributed by atoms with E-state index >= 15 is 0 Å². The Morgan fingerprint density at radius 3 is 3.07 bits per heavy atom. The summed E-state index contributed by atoms with van der Waals surface area (Å²) in [7, 11) is 0. The van der Waals surface area contributed by atoms with E-state index in [2.05, 4.69) is 43.5 Å². The van der Waals surface area contributed by atoms with E-state index in [9.17, 15) is 0 Å². The molecule has 1 aromatic rings. The molecule has 0 spiro atoms. The summed E-state index contributed by atoms with van der Waals surface area (Å²) in [6.45, 7) is 6.03. The predicted octanol–water partition coefficient (Wildman–Crippen LogP) is 4.07. The fourth-order valence-corrected chi connectivity index (χ4v) is 3.06. The van der Waals surface area contributed by atoms with Crippen LogP contribution in [-0.4, -0.2) is 5.75 Å². The second-order valence-electron chi connectivity index (χ2n) is 3.73. The molecule has 1 atom stereocenters. The van der Waals surface area contributed by atoms with E-state index in [1.54, 1.807) is 5.56 Å². The van der Waals surface area contributed by atoms with E-state index < -0.39 is 0 Å². The first-order valence-electron chi connectivity index (χ1n) is 5.22. The highest BCUT2D eigenvalue weighted by Crippen LogP contribution is 2.43. The molecule has 0 nitrogen and oxygen atoms in total. The number of benzene rings is 1. The number of fused-ring (bicyclic) bond motifs is 1. The van der Waals surface area contributed by atoms with E-state index in [1.165, 1.54) is 29.7 Å². The first-order chi connectivity index (χ1) is 6.85.